The highest BCUT2D eigenvalue weighted by Crippen LogP contribution is 1.90. The van der Waals surface area contributed by atoms with Crippen LogP contribution >= 0.6 is 12.6 Å². The number of rotatable bonds is 5. The minimum Gasteiger partial charge on any atom is -0.350 e. The van der Waals surface area contributed by atoms with E-state index in [9.17, 15) is 9.59 Å². The molecule has 2 N–H and O–H groups in total. The molecule has 0 heterocycles. The van der Waals surface area contributed by atoms with Crippen LogP contribution in [0.3, 0.4) is 0 Å². The summed E-state index contributed by atoms with van der Waals surface area (Å²) in [5.74, 6) is -0.166. The van der Waals surface area contributed by atoms with Crippen molar-refractivity contribution < 1.29 is 9.59 Å². The normalized spacial score (nSPS) is 11.9. The van der Waals surface area contributed by atoms with Crippen molar-refractivity contribution in [2.75, 3.05) is 5.75 Å². The summed E-state index contributed by atoms with van der Waals surface area (Å²) in [6.45, 7) is 4.92. The predicted molar refractivity (Wildman–Crippen MR) is 54.2 cm³/mol. The maximum absolute atomic E-state index is 11.3. The van der Waals surface area contributed by atoms with Crippen LogP contribution in [0.1, 0.15) is 20.3 Å². The molecule has 5 heteroatoms. The van der Waals surface area contributed by atoms with Crippen molar-refractivity contribution in [3.8, 4) is 0 Å². The maximum atomic E-state index is 11.3. The molecule has 0 aromatic carbocycles. The molecule has 0 spiro atoms. The standard InChI is InChI=1S/C8H15N2O2S/c1-3-4-9-8(12)7(5-13)10-6(2)11/h4,7,13H,3,5H2,1-2H3,(H,9,12)(H,10,11)/t7-/m0/s1. The van der Waals surface area contributed by atoms with Gasteiger partial charge in [0, 0.05) is 19.2 Å². The fourth-order valence-electron chi connectivity index (χ4n) is 0.743. The van der Waals surface area contributed by atoms with Crippen molar-refractivity contribution in [3.05, 3.63) is 6.54 Å². The molecule has 0 saturated heterocycles. The van der Waals surface area contributed by atoms with Crippen molar-refractivity contribution in [2.24, 2.45) is 0 Å². The molecule has 0 aromatic rings. The molecule has 2 amide bonds. The second-order valence-corrected chi connectivity index (χ2v) is 2.92. The summed E-state index contributed by atoms with van der Waals surface area (Å²) in [7, 11) is 0. The molecule has 1 radical (unpaired) electrons. The summed E-state index contributed by atoms with van der Waals surface area (Å²) >= 11 is 3.96. The van der Waals surface area contributed by atoms with Gasteiger partial charge in [-0.25, -0.2) is 0 Å². The minimum absolute atomic E-state index is 0.230. The number of thiol groups is 1. The fourth-order valence-corrected chi connectivity index (χ4v) is 1.000. The molecule has 0 aliphatic rings. The number of carbonyl (C=O) groups excluding carboxylic acids is 2. The van der Waals surface area contributed by atoms with Gasteiger partial charge in [0.2, 0.25) is 11.8 Å². The van der Waals surface area contributed by atoms with Crippen molar-refractivity contribution in [2.45, 2.75) is 26.3 Å². The van der Waals surface area contributed by atoms with Gasteiger partial charge in [0.1, 0.15) is 6.04 Å². The number of amides is 2. The van der Waals surface area contributed by atoms with E-state index in [1.807, 2.05) is 6.92 Å². The monoisotopic (exact) mass is 203 g/mol. The molecule has 4 nitrogen and oxygen atoms in total. The fraction of sp³-hybridized carbons (Fsp3) is 0.625. The van der Waals surface area contributed by atoms with Gasteiger partial charge < -0.3 is 10.6 Å². The number of hydrogen-bond donors (Lipinski definition) is 3. The van der Waals surface area contributed by atoms with Crippen molar-refractivity contribution in [1.82, 2.24) is 10.6 Å². The van der Waals surface area contributed by atoms with E-state index in [0.717, 1.165) is 6.42 Å². The Morgan fingerprint density at radius 3 is 2.54 bits per heavy atom. The summed E-state index contributed by atoms with van der Waals surface area (Å²) in [5, 5.41) is 5.05. The van der Waals surface area contributed by atoms with Crippen LogP contribution in [0.15, 0.2) is 0 Å². The van der Waals surface area contributed by atoms with Gasteiger partial charge in [-0.1, -0.05) is 6.92 Å². The summed E-state index contributed by atoms with van der Waals surface area (Å²) in [6.07, 6.45) is 0.755. The first kappa shape index (κ1) is 12.3. The van der Waals surface area contributed by atoms with Gasteiger partial charge in [0.05, 0.1) is 0 Å². The van der Waals surface area contributed by atoms with Crippen molar-refractivity contribution >= 4 is 24.4 Å². The van der Waals surface area contributed by atoms with Gasteiger partial charge in [0.15, 0.2) is 0 Å². The van der Waals surface area contributed by atoms with E-state index in [2.05, 4.69) is 23.3 Å². The Kier molecular flexibility index (Phi) is 6.40. The molecule has 13 heavy (non-hydrogen) atoms. The van der Waals surface area contributed by atoms with Crippen LogP contribution in [-0.4, -0.2) is 23.6 Å². The number of carbonyl (C=O) groups is 2. The molecule has 0 aromatic heterocycles. The van der Waals surface area contributed by atoms with E-state index < -0.39 is 6.04 Å². The van der Waals surface area contributed by atoms with Crippen LogP contribution in [0.5, 0.6) is 0 Å². The first-order valence-electron chi connectivity index (χ1n) is 4.11. The lowest BCUT2D eigenvalue weighted by molar-refractivity contribution is -0.127. The van der Waals surface area contributed by atoms with E-state index in [0.29, 0.717) is 5.75 Å². The summed E-state index contributed by atoms with van der Waals surface area (Å²) in [5.41, 5.74) is 0. The van der Waals surface area contributed by atoms with Gasteiger partial charge in [-0.15, -0.1) is 0 Å². The Bertz CT molecular complexity index is 185. The second-order valence-electron chi connectivity index (χ2n) is 2.56. The SMILES string of the molecule is CC[CH]NC(=O)[C@H](CS)NC(C)=O. The molecule has 0 fully saturated rings. The van der Waals surface area contributed by atoms with Gasteiger partial charge in [-0.05, 0) is 6.42 Å². The average molecular weight is 203 g/mol. The lowest BCUT2D eigenvalue weighted by Crippen LogP contribution is -2.46. The molecule has 75 valence electrons. The van der Waals surface area contributed by atoms with Gasteiger partial charge >= 0.3 is 0 Å². The van der Waals surface area contributed by atoms with Crippen LogP contribution in [0.4, 0.5) is 0 Å². The lowest BCUT2D eigenvalue weighted by atomic mass is 10.3. The Morgan fingerprint density at radius 2 is 2.15 bits per heavy atom. The van der Waals surface area contributed by atoms with E-state index in [1.165, 1.54) is 6.92 Å². The molecule has 0 saturated carbocycles. The zero-order chi connectivity index (χ0) is 10.3. The van der Waals surface area contributed by atoms with Crippen molar-refractivity contribution in [3.63, 3.8) is 0 Å². The molecule has 0 aliphatic carbocycles. The second kappa shape index (κ2) is 6.77. The summed E-state index contributed by atoms with van der Waals surface area (Å²) < 4.78 is 0. The highest BCUT2D eigenvalue weighted by Gasteiger charge is 2.16. The minimum atomic E-state index is -0.552. The molecule has 0 rings (SSSR count). The zero-order valence-electron chi connectivity index (χ0n) is 7.83. The number of hydrogen-bond acceptors (Lipinski definition) is 3. The Labute approximate surface area is 83.9 Å². The topological polar surface area (TPSA) is 58.2 Å². The molecular formula is C8H15N2O2S. The molecular weight excluding hydrogens is 188 g/mol. The van der Waals surface area contributed by atoms with Gasteiger partial charge in [0.25, 0.3) is 0 Å². The highest BCUT2D eigenvalue weighted by molar-refractivity contribution is 7.80. The third kappa shape index (κ3) is 5.52. The van der Waals surface area contributed by atoms with Crippen molar-refractivity contribution in [1.29, 1.82) is 0 Å². The average Bonchev–Trinajstić information content (AvgIpc) is 2.09. The van der Waals surface area contributed by atoms with Crippen LogP contribution in [0, 0.1) is 6.54 Å². The molecule has 0 unspecified atom stereocenters. The quantitative estimate of drug-likeness (QED) is 0.555. The molecule has 1 atom stereocenters. The largest absolute Gasteiger partial charge is 0.350 e. The van der Waals surface area contributed by atoms with E-state index in [1.54, 1.807) is 6.54 Å². The summed E-state index contributed by atoms with van der Waals surface area (Å²) in [4.78, 5) is 21.9. The maximum Gasteiger partial charge on any atom is 0.243 e. The Balaban J connectivity index is 3.92. The van der Waals surface area contributed by atoms with Crippen LogP contribution in [-0.2, 0) is 9.59 Å². The third-order valence-corrected chi connectivity index (χ3v) is 1.69. The van der Waals surface area contributed by atoms with Crippen LogP contribution in [0.2, 0.25) is 0 Å². The van der Waals surface area contributed by atoms with Gasteiger partial charge in [-0.2, -0.15) is 12.6 Å². The Morgan fingerprint density at radius 1 is 1.54 bits per heavy atom. The van der Waals surface area contributed by atoms with E-state index in [-0.39, 0.29) is 11.8 Å². The zero-order valence-corrected chi connectivity index (χ0v) is 8.73. The Hall–Kier alpha value is -0.710. The highest BCUT2D eigenvalue weighted by atomic mass is 32.1. The first-order chi connectivity index (χ1) is 6.11. The van der Waals surface area contributed by atoms with Crippen LogP contribution < -0.4 is 10.6 Å². The lowest BCUT2D eigenvalue weighted by Gasteiger charge is -2.14. The van der Waals surface area contributed by atoms with E-state index >= 15 is 0 Å². The van der Waals surface area contributed by atoms with Crippen LogP contribution in [0.25, 0.3) is 0 Å². The smallest absolute Gasteiger partial charge is 0.243 e. The number of nitrogens with one attached hydrogen (secondary N) is 2. The predicted octanol–water partition coefficient (Wildman–Crippen LogP) is 0.109. The van der Waals surface area contributed by atoms with Gasteiger partial charge in [-0.3, -0.25) is 9.59 Å². The van der Waals surface area contributed by atoms with E-state index in [4.69, 9.17) is 0 Å². The summed E-state index contributed by atoms with van der Waals surface area (Å²) in [6, 6.07) is -0.552. The third-order valence-electron chi connectivity index (χ3n) is 1.33. The first-order valence-corrected chi connectivity index (χ1v) is 4.75. The molecule has 0 bridgehead atoms. The molecule has 0 aliphatic heterocycles.